The van der Waals surface area contributed by atoms with E-state index in [2.05, 4.69) is 0 Å². The third kappa shape index (κ3) is 2.84. The first-order valence-corrected chi connectivity index (χ1v) is 5.31. The molecule has 3 heteroatoms. The van der Waals surface area contributed by atoms with Crippen molar-refractivity contribution in [2.24, 2.45) is 0 Å². The Kier molecular flexibility index (Phi) is 3.40. The highest BCUT2D eigenvalue weighted by Crippen LogP contribution is 2.20. The van der Waals surface area contributed by atoms with E-state index in [1.165, 1.54) is 0 Å². The first-order chi connectivity index (χ1) is 8.29. The van der Waals surface area contributed by atoms with Crippen molar-refractivity contribution >= 4 is 12.0 Å². The van der Waals surface area contributed by atoms with Gasteiger partial charge in [-0.25, -0.2) is 0 Å². The lowest BCUT2D eigenvalue weighted by Crippen LogP contribution is -1.99. The van der Waals surface area contributed by atoms with Gasteiger partial charge in [0.2, 0.25) is 0 Å². The standard InChI is InChI=1S/C14H13NO2/c15-13-6-7-14(12(8-13)9-16)17-10-11-4-2-1-3-5-11/h1-9H,10,15H2. The number of benzene rings is 2. The SMILES string of the molecule is Nc1ccc(OCc2ccccc2)c(C=O)c1. The van der Waals surface area contributed by atoms with Crippen LogP contribution in [0.15, 0.2) is 48.5 Å². The lowest BCUT2D eigenvalue weighted by molar-refractivity contribution is 0.111. The Balaban J connectivity index is 2.11. The van der Waals surface area contributed by atoms with Crippen LogP contribution >= 0.6 is 0 Å². The zero-order chi connectivity index (χ0) is 12.1. The van der Waals surface area contributed by atoms with Gasteiger partial charge < -0.3 is 10.5 Å². The number of nitrogens with two attached hydrogens (primary N) is 1. The van der Waals surface area contributed by atoms with Crippen molar-refractivity contribution < 1.29 is 9.53 Å². The molecule has 0 spiro atoms. The van der Waals surface area contributed by atoms with Gasteiger partial charge in [0.25, 0.3) is 0 Å². The van der Waals surface area contributed by atoms with Gasteiger partial charge in [0.05, 0.1) is 5.56 Å². The van der Waals surface area contributed by atoms with Gasteiger partial charge >= 0.3 is 0 Å². The Hall–Kier alpha value is -2.29. The van der Waals surface area contributed by atoms with Gasteiger partial charge in [-0.05, 0) is 23.8 Å². The summed E-state index contributed by atoms with van der Waals surface area (Å²) in [6.45, 7) is 0.436. The molecule has 17 heavy (non-hydrogen) atoms. The molecular formula is C14H13NO2. The van der Waals surface area contributed by atoms with Gasteiger partial charge in [0, 0.05) is 5.69 Å². The average Bonchev–Trinajstić information content (AvgIpc) is 2.38. The van der Waals surface area contributed by atoms with E-state index in [1.807, 2.05) is 30.3 Å². The van der Waals surface area contributed by atoms with Crippen LogP contribution in [0, 0.1) is 0 Å². The fourth-order valence-corrected chi connectivity index (χ4v) is 1.53. The molecule has 0 heterocycles. The third-order valence-corrected chi connectivity index (χ3v) is 2.40. The Bertz CT molecular complexity index is 509. The zero-order valence-electron chi connectivity index (χ0n) is 9.30. The van der Waals surface area contributed by atoms with Crippen LogP contribution in [0.4, 0.5) is 5.69 Å². The first-order valence-electron chi connectivity index (χ1n) is 5.31. The minimum absolute atomic E-state index is 0.436. The lowest BCUT2D eigenvalue weighted by atomic mass is 10.2. The predicted molar refractivity (Wildman–Crippen MR) is 67.0 cm³/mol. The van der Waals surface area contributed by atoms with Crippen molar-refractivity contribution in [3.63, 3.8) is 0 Å². The van der Waals surface area contributed by atoms with Crippen LogP contribution in [-0.2, 0) is 6.61 Å². The van der Waals surface area contributed by atoms with Crippen LogP contribution < -0.4 is 10.5 Å². The van der Waals surface area contributed by atoms with Crippen LogP contribution in [0.2, 0.25) is 0 Å². The molecule has 0 aliphatic heterocycles. The van der Waals surface area contributed by atoms with E-state index in [0.717, 1.165) is 11.8 Å². The second-order valence-electron chi connectivity index (χ2n) is 3.69. The molecule has 0 fully saturated rings. The molecule has 2 aromatic rings. The molecule has 0 atom stereocenters. The van der Waals surface area contributed by atoms with E-state index in [4.69, 9.17) is 10.5 Å². The second kappa shape index (κ2) is 5.16. The van der Waals surface area contributed by atoms with Crippen LogP contribution in [-0.4, -0.2) is 6.29 Å². The molecule has 0 aromatic heterocycles. The summed E-state index contributed by atoms with van der Waals surface area (Å²) >= 11 is 0. The van der Waals surface area contributed by atoms with Crippen molar-refractivity contribution in [3.8, 4) is 5.75 Å². The fraction of sp³-hybridized carbons (Fsp3) is 0.0714. The van der Waals surface area contributed by atoms with E-state index in [-0.39, 0.29) is 0 Å². The molecule has 0 aliphatic carbocycles. The van der Waals surface area contributed by atoms with Crippen LogP contribution in [0.5, 0.6) is 5.75 Å². The molecule has 0 radical (unpaired) electrons. The quantitative estimate of drug-likeness (QED) is 0.645. The molecule has 0 aliphatic rings. The molecule has 3 nitrogen and oxygen atoms in total. The van der Waals surface area contributed by atoms with E-state index < -0.39 is 0 Å². The highest BCUT2D eigenvalue weighted by Gasteiger charge is 2.03. The second-order valence-corrected chi connectivity index (χ2v) is 3.69. The van der Waals surface area contributed by atoms with Gasteiger partial charge in [-0.2, -0.15) is 0 Å². The number of nitrogen functional groups attached to an aromatic ring is 1. The summed E-state index contributed by atoms with van der Waals surface area (Å²) in [6.07, 6.45) is 0.747. The summed E-state index contributed by atoms with van der Waals surface area (Å²) < 4.78 is 5.58. The fourth-order valence-electron chi connectivity index (χ4n) is 1.53. The molecule has 2 rings (SSSR count). The van der Waals surface area contributed by atoms with Crippen molar-refractivity contribution in [1.29, 1.82) is 0 Å². The molecule has 0 bridgehead atoms. The monoisotopic (exact) mass is 227 g/mol. The van der Waals surface area contributed by atoms with Gasteiger partial charge in [-0.1, -0.05) is 30.3 Å². The number of aldehydes is 1. The summed E-state index contributed by atoms with van der Waals surface area (Å²) in [7, 11) is 0. The van der Waals surface area contributed by atoms with Crippen LogP contribution in [0.1, 0.15) is 15.9 Å². The predicted octanol–water partition coefficient (Wildman–Crippen LogP) is 2.66. The molecular weight excluding hydrogens is 214 g/mol. The Morgan fingerprint density at radius 2 is 1.88 bits per heavy atom. The third-order valence-electron chi connectivity index (χ3n) is 2.40. The maximum atomic E-state index is 10.9. The van der Waals surface area contributed by atoms with Gasteiger partial charge in [-0.3, -0.25) is 4.79 Å². The largest absolute Gasteiger partial charge is 0.488 e. The van der Waals surface area contributed by atoms with Gasteiger partial charge in [0.15, 0.2) is 6.29 Å². The highest BCUT2D eigenvalue weighted by atomic mass is 16.5. The Morgan fingerprint density at radius 3 is 2.59 bits per heavy atom. The van der Waals surface area contributed by atoms with Crippen molar-refractivity contribution in [2.75, 3.05) is 5.73 Å². The smallest absolute Gasteiger partial charge is 0.153 e. The molecule has 0 amide bonds. The Morgan fingerprint density at radius 1 is 1.12 bits per heavy atom. The van der Waals surface area contributed by atoms with Gasteiger partial charge in [-0.15, -0.1) is 0 Å². The maximum Gasteiger partial charge on any atom is 0.153 e. The highest BCUT2D eigenvalue weighted by molar-refractivity contribution is 5.81. The summed E-state index contributed by atoms with van der Waals surface area (Å²) in [5, 5.41) is 0. The number of rotatable bonds is 4. The number of carbonyl (C=O) groups is 1. The maximum absolute atomic E-state index is 10.9. The topological polar surface area (TPSA) is 52.3 Å². The molecule has 2 aromatic carbocycles. The number of hydrogen-bond donors (Lipinski definition) is 1. The minimum Gasteiger partial charge on any atom is -0.488 e. The van der Waals surface area contributed by atoms with E-state index in [0.29, 0.717) is 23.6 Å². The number of ether oxygens (including phenoxy) is 1. The summed E-state index contributed by atoms with van der Waals surface area (Å²) in [4.78, 5) is 10.9. The van der Waals surface area contributed by atoms with Crippen LogP contribution in [0.3, 0.4) is 0 Å². The molecule has 0 saturated carbocycles. The van der Waals surface area contributed by atoms with Crippen molar-refractivity contribution in [3.05, 3.63) is 59.7 Å². The number of carbonyl (C=O) groups excluding carboxylic acids is 1. The summed E-state index contributed by atoms with van der Waals surface area (Å²) in [5.41, 5.74) is 7.68. The average molecular weight is 227 g/mol. The summed E-state index contributed by atoms with van der Waals surface area (Å²) in [5.74, 6) is 0.554. The molecule has 0 saturated heterocycles. The number of anilines is 1. The van der Waals surface area contributed by atoms with Gasteiger partial charge in [0.1, 0.15) is 12.4 Å². The first kappa shape index (κ1) is 11.2. The minimum atomic E-state index is 0.436. The van der Waals surface area contributed by atoms with Crippen LogP contribution in [0.25, 0.3) is 0 Å². The lowest BCUT2D eigenvalue weighted by Gasteiger charge is -2.08. The van der Waals surface area contributed by atoms with E-state index in [9.17, 15) is 4.79 Å². The van der Waals surface area contributed by atoms with E-state index >= 15 is 0 Å². The Labute approximate surface area is 99.8 Å². The molecule has 2 N–H and O–H groups in total. The van der Waals surface area contributed by atoms with Crippen molar-refractivity contribution in [2.45, 2.75) is 6.61 Å². The normalized spacial score (nSPS) is 9.88. The van der Waals surface area contributed by atoms with E-state index in [1.54, 1.807) is 18.2 Å². The van der Waals surface area contributed by atoms with Crippen molar-refractivity contribution in [1.82, 2.24) is 0 Å². The summed E-state index contributed by atoms with van der Waals surface area (Å²) in [6, 6.07) is 14.8. The molecule has 86 valence electrons. The zero-order valence-corrected chi connectivity index (χ0v) is 9.30. The number of hydrogen-bond acceptors (Lipinski definition) is 3. The molecule has 0 unspecified atom stereocenters.